The Labute approximate surface area is 217 Å². The Kier molecular flexibility index (Phi) is 8.58. The van der Waals surface area contributed by atoms with E-state index in [2.05, 4.69) is 6.58 Å². The number of aliphatic hydroxyl groups excluding tert-OH is 1. The van der Waals surface area contributed by atoms with Crippen molar-refractivity contribution in [3.63, 3.8) is 0 Å². The summed E-state index contributed by atoms with van der Waals surface area (Å²) in [5.41, 5.74) is 3.25. The van der Waals surface area contributed by atoms with Crippen LogP contribution in [0.25, 0.3) is 0 Å². The van der Waals surface area contributed by atoms with E-state index >= 15 is 0 Å². The molecule has 2 aromatic carbocycles. The third kappa shape index (κ3) is 6.37. The number of aliphatic carboxylic acids is 1. The summed E-state index contributed by atoms with van der Waals surface area (Å²) in [6.07, 6.45) is 2.72. The molecule has 2 N–H and O–H groups in total. The van der Waals surface area contributed by atoms with Crippen molar-refractivity contribution >= 4 is 11.9 Å². The van der Waals surface area contributed by atoms with Gasteiger partial charge in [-0.2, -0.15) is 0 Å². The Hall–Kier alpha value is -3.68. The molecule has 4 rings (SSSR count). The number of benzene rings is 2. The fourth-order valence-corrected chi connectivity index (χ4v) is 4.68. The Bertz CT molecular complexity index is 1170. The molecule has 0 aromatic heterocycles. The summed E-state index contributed by atoms with van der Waals surface area (Å²) in [6.45, 7) is 6.13. The summed E-state index contributed by atoms with van der Waals surface area (Å²) in [5, 5.41) is 19.8. The van der Waals surface area contributed by atoms with Crippen LogP contribution in [0.5, 0.6) is 0 Å². The van der Waals surface area contributed by atoms with Gasteiger partial charge >= 0.3 is 5.97 Å². The molecule has 1 saturated carbocycles. The van der Waals surface area contributed by atoms with Gasteiger partial charge in [0.25, 0.3) is 5.91 Å². The maximum absolute atomic E-state index is 13.8. The summed E-state index contributed by atoms with van der Waals surface area (Å²) in [6, 6.07) is 17.7. The van der Waals surface area contributed by atoms with Crippen LogP contribution in [-0.2, 0) is 25.7 Å². The lowest BCUT2D eigenvalue weighted by Crippen LogP contribution is -2.51. The molecule has 0 saturated heterocycles. The van der Waals surface area contributed by atoms with Gasteiger partial charge in [-0.3, -0.25) is 4.79 Å². The molecule has 7 heteroatoms. The van der Waals surface area contributed by atoms with Crippen LogP contribution in [0.2, 0.25) is 0 Å². The maximum Gasteiger partial charge on any atom is 0.326 e. The third-order valence-electron chi connectivity index (χ3n) is 6.79. The molecule has 1 amide bonds. The van der Waals surface area contributed by atoms with Gasteiger partial charge in [0, 0.05) is 13.0 Å². The average Bonchev–Trinajstić information content (AvgIpc) is 2.89. The molecule has 0 unspecified atom stereocenters. The van der Waals surface area contributed by atoms with Gasteiger partial charge in [0.05, 0.1) is 12.2 Å². The van der Waals surface area contributed by atoms with E-state index in [4.69, 9.17) is 9.47 Å². The predicted octanol–water partition coefficient (Wildman–Crippen LogP) is 4.56. The molecule has 37 heavy (non-hydrogen) atoms. The minimum atomic E-state index is -1.09. The second-order valence-electron chi connectivity index (χ2n) is 9.50. The molecular weight excluding hydrogens is 470 g/mol. The fraction of sp³-hybridized carbons (Fsp3) is 0.333. The van der Waals surface area contributed by atoms with Crippen LogP contribution < -0.4 is 0 Å². The molecule has 1 aliphatic carbocycles. The smallest absolute Gasteiger partial charge is 0.326 e. The topological polar surface area (TPSA) is 96.3 Å². The molecular formula is C30H33NO6. The van der Waals surface area contributed by atoms with E-state index in [1.165, 1.54) is 4.90 Å². The minimum absolute atomic E-state index is 0.102. The zero-order valence-electron chi connectivity index (χ0n) is 21.0. The zero-order chi connectivity index (χ0) is 26.4. The molecule has 1 aliphatic heterocycles. The number of carbonyl (C=O) groups is 2. The van der Waals surface area contributed by atoms with Crippen molar-refractivity contribution in [3.05, 3.63) is 107 Å². The van der Waals surface area contributed by atoms with Gasteiger partial charge in [0.2, 0.25) is 0 Å². The third-order valence-corrected chi connectivity index (χ3v) is 6.79. The number of hydrogen-bond donors (Lipinski definition) is 2. The van der Waals surface area contributed by atoms with Crippen molar-refractivity contribution in [1.82, 2.24) is 4.90 Å². The number of amides is 1. The second-order valence-corrected chi connectivity index (χ2v) is 9.50. The number of carbonyl (C=O) groups excluding carboxylic acids is 1. The van der Waals surface area contributed by atoms with Gasteiger partial charge in [-0.25, -0.2) is 4.79 Å². The van der Waals surface area contributed by atoms with E-state index in [0.717, 1.165) is 16.7 Å². The van der Waals surface area contributed by atoms with Crippen molar-refractivity contribution in [2.24, 2.45) is 0 Å². The Morgan fingerprint density at radius 2 is 1.76 bits per heavy atom. The lowest BCUT2D eigenvalue weighted by atomic mass is 9.90. The van der Waals surface area contributed by atoms with Crippen LogP contribution in [0.15, 0.2) is 96.3 Å². The van der Waals surface area contributed by atoms with Crippen LogP contribution in [0.3, 0.4) is 0 Å². The number of carboxylic acid groups (broad SMARTS) is 1. The number of aliphatic hydroxyl groups is 1. The lowest BCUT2D eigenvalue weighted by Gasteiger charge is -2.39. The van der Waals surface area contributed by atoms with Crippen LogP contribution in [0.1, 0.15) is 43.4 Å². The second kappa shape index (κ2) is 12.0. The van der Waals surface area contributed by atoms with Gasteiger partial charge in [0.1, 0.15) is 18.4 Å². The summed E-state index contributed by atoms with van der Waals surface area (Å²) in [5.74, 6) is -0.947. The molecule has 2 aromatic rings. The highest BCUT2D eigenvalue weighted by molar-refractivity contribution is 5.88. The number of rotatable bonds is 10. The fourth-order valence-electron chi connectivity index (χ4n) is 4.68. The monoisotopic (exact) mass is 503 g/mol. The number of carboxylic acids is 1. The highest BCUT2D eigenvalue weighted by atomic mass is 16.5. The summed E-state index contributed by atoms with van der Waals surface area (Å²) in [7, 11) is 0. The summed E-state index contributed by atoms with van der Waals surface area (Å²) >= 11 is 0. The van der Waals surface area contributed by atoms with E-state index < -0.39 is 30.1 Å². The first-order chi connectivity index (χ1) is 17.9. The van der Waals surface area contributed by atoms with E-state index in [1.54, 1.807) is 24.3 Å². The van der Waals surface area contributed by atoms with E-state index in [-0.39, 0.29) is 19.1 Å². The first kappa shape index (κ1) is 26.4. The Morgan fingerprint density at radius 3 is 2.35 bits per heavy atom. The Morgan fingerprint density at radius 1 is 1.11 bits per heavy atom. The molecule has 2 atom stereocenters. The van der Waals surface area contributed by atoms with Crippen molar-refractivity contribution in [2.75, 3.05) is 6.54 Å². The molecule has 0 spiro atoms. The molecule has 1 fully saturated rings. The standard InChI is InChI=1S/C30H33NO6/c1-3-10-27(36-19-21-11-6-4-7-12-21)25-17-26(30(34)35)31(18-20(25)2)29(33)28(22-13-8-5-9-14-22)37-24-15-23(32)16-24/h3-14,23-24,26,28,32H,1,15-19H2,2H3,(H,34,35)/b27-10+/t23?,24?,26-,28-/m1/s1. The normalized spacial score (nSPS) is 22.7. The largest absolute Gasteiger partial charge is 0.489 e. The van der Waals surface area contributed by atoms with Gasteiger partial charge in [-0.15, -0.1) is 0 Å². The molecule has 0 bridgehead atoms. The SMILES string of the molecule is C=C/C=C(/OCc1ccccc1)C1=C(C)CN(C(=O)[C@H](OC2CC(O)C2)c2ccccc2)[C@@H](C(=O)O)C1. The first-order valence-corrected chi connectivity index (χ1v) is 12.5. The van der Waals surface area contributed by atoms with Crippen molar-refractivity contribution in [1.29, 1.82) is 0 Å². The van der Waals surface area contributed by atoms with Gasteiger partial charge in [-0.1, -0.05) is 73.3 Å². The highest BCUT2D eigenvalue weighted by Gasteiger charge is 2.41. The predicted molar refractivity (Wildman–Crippen MR) is 139 cm³/mol. The summed E-state index contributed by atoms with van der Waals surface area (Å²) < 4.78 is 12.2. The van der Waals surface area contributed by atoms with Crippen molar-refractivity contribution in [3.8, 4) is 0 Å². The van der Waals surface area contributed by atoms with Crippen LogP contribution in [0, 0.1) is 0 Å². The Balaban J connectivity index is 1.59. The average molecular weight is 504 g/mol. The van der Waals surface area contributed by atoms with Crippen molar-refractivity contribution in [2.45, 2.75) is 57.1 Å². The molecule has 1 heterocycles. The van der Waals surface area contributed by atoms with Crippen LogP contribution >= 0.6 is 0 Å². The molecule has 2 aliphatic rings. The van der Waals surface area contributed by atoms with E-state index in [9.17, 15) is 19.8 Å². The molecule has 7 nitrogen and oxygen atoms in total. The summed E-state index contributed by atoms with van der Waals surface area (Å²) in [4.78, 5) is 27.6. The minimum Gasteiger partial charge on any atom is -0.489 e. The van der Waals surface area contributed by atoms with E-state index in [0.29, 0.717) is 30.8 Å². The quantitative estimate of drug-likeness (QED) is 0.365. The molecule has 194 valence electrons. The number of hydrogen-bond acceptors (Lipinski definition) is 5. The first-order valence-electron chi connectivity index (χ1n) is 12.5. The van der Waals surface area contributed by atoms with Crippen LogP contribution in [0.4, 0.5) is 0 Å². The maximum atomic E-state index is 13.8. The number of nitrogens with zero attached hydrogens (tertiary/aromatic N) is 1. The number of ether oxygens (including phenoxy) is 2. The highest BCUT2D eigenvalue weighted by Crippen LogP contribution is 2.35. The molecule has 0 radical (unpaired) electrons. The van der Waals surface area contributed by atoms with Gasteiger partial charge in [0.15, 0.2) is 6.10 Å². The number of allylic oxidation sites excluding steroid dienone is 3. The van der Waals surface area contributed by atoms with Crippen LogP contribution in [-0.4, -0.2) is 51.8 Å². The zero-order valence-corrected chi connectivity index (χ0v) is 21.0. The van der Waals surface area contributed by atoms with Gasteiger partial charge < -0.3 is 24.6 Å². The van der Waals surface area contributed by atoms with Crippen molar-refractivity contribution < 1.29 is 29.3 Å². The lowest BCUT2D eigenvalue weighted by molar-refractivity contribution is -0.165. The van der Waals surface area contributed by atoms with Gasteiger partial charge in [-0.05, 0) is 48.1 Å². The van der Waals surface area contributed by atoms with E-state index in [1.807, 2.05) is 55.5 Å².